The van der Waals surface area contributed by atoms with Crippen LogP contribution in [-0.2, 0) is 11.2 Å². The van der Waals surface area contributed by atoms with Crippen molar-refractivity contribution in [2.24, 2.45) is 0 Å². The fourth-order valence-electron chi connectivity index (χ4n) is 2.85. The van der Waals surface area contributed by atoms with Gasteiger partial charge in [0.25, 0.3) is 5.91 Å². The smallest absolute Gasteiger partial charge is 0.265 e. The van der Waals surface area contributed by atoms with Crippen molar-refractivity contribution in [2.75, 3.05) is 5.32 Å². The summed E-state index contributed by atoms with van der Waals surface area (Å²) in [7, 11) is 0. The minimum Gasteiger partial charge on any atom is -0.480 e. The van der Waals surface area contributed by atoms with E-state index in [4.69, 9.17) is 21.1 Å². The third-order valence-electron chi connectivity index (χ3n) is 4.14. The Labute approximate surface area is 156 Å². The predicted octanol–water partition coefficient (Wildman–Crippen LogP) is 5.07. The van der Waals surface area contributed by atoms with Gasteiger partial charge in [-0.15, -0.1) is 0 Å². The Kier molecular flexibility index (Phi) is 4.50. The summed E-state index contributed by atoms with van der Waals surface area (Å²) in [5, 5.41) is 3.40. The molecule has 0 spiro atoms. The molecule has 1 N–H and O–H groups in total. The van der Waals surface area contributed by atoms with E-state index in [0.29, 0.717) is 28.6 Å². The number of hydrogen-bond acceptors (Lipinski definition) is 3. The SMILES string of the molecule is O=C(Nc1ccccc1Oc1ccccc1Cl)[C@@H]1Cc2ccccc2O1. The van der Waals surface area contributed by atoms with E-state index in [9.17, 15) is 4.79 Å². The van der Waals surface area contributed by atoms with Crippen molar-refractivity contribution >= 4 is 23.2 Å². The zero-order chi connectivity index (χ0) is 17.9. The lowest BCUT2D eigenvalue weighted by Crippen LogP contribution is -2.31. The molecule has 0 unspecified atom stereocenters. The molecule has 5 heteroatoms. The molecule has 1 amide bonds. The molecule has 0 aliphatic carbocycles. The summed E-state index contributed by atoms with van der Waals surface area (Å²) in [6.45, 7) is 0. The molecule has 130 valence electrons. The molecule has 0 saturated carbocycles. The van der Waals surface area contributed by atoms with Crippen molar-refractivity contribution in [3.05, 3.63) is 83.4 Å². The average Bonchev–Trinajstić information content (AvgIpc) is 3.09. The molecule has 0 saturated heterocycles. The highest BCUT2D eigenvalue weighted by molar-refractivity contribution is 6.32. The summed E-state index contributed by atoms with van der Waals surface area (Å²) in [5.41, 5.74) is 1.60. The summed E-state index contributed by atoms with van der Waals surface area (Å²) < 4.78 is 11.6. The predicted molar refractivity (Wildman–Crippen MR) is 101 cm³/mol. The molecule has 0 aromatic heterocycles. The van der Waals surface area contributed by atoms with Crippen molar-refractivity contribution < 1.29 is 14.3 Å². The molecule has 1 atom stereocenters. The largest absolute Gasteiger partial charge is 0.480 e. The van der Waals surface area contributed by atoms with Gasteiger partial charge in [0.2, 0.25) is 0 Å². The number of hydrogen-bond donors (Lipinski definition) is 1. The van der Waals surface area contributed by atoms with Gasteiger partial charge in [0.1, 0.15) is 11.5 Å². The Morgan fingerprint density at radius 1 is 0.962 bits per heavy atom. The zero-order valence-corrected chi connectivity index (χ0v) is 14.6. The summed E-state index contributed by atoms with van der Waals surface area (Å²) in [5.74, 6) is 1.59. The van der Waals surface area contributed by atoms with Crippen LogP contribution in [0.25, 0.3) is 0 Å². The number of para-hydroxylation sites is 4. The molecule has 1 heterocycles. The summed E-state index contributed by atoms with van der Waals surface area (Å²) in [6.07, 6.45) is -0.00371. The van der Waals surface area contributed by atoms with Crippen LogP contribution >= 0.6 is 11.6 Å². The number of fused-ring (bicyclic) bond motifs is 1. The quantitative estimate of drug-likeness (QED) is 0.701. The Bertz CT molecular complexity index is 932. The Morgan fingerprint density at radius 2 is 1.65 bits per heavy atom. The lowest BCUT2D eigenvalue weighted by molar-refractivity contribution is -0.122. The van der Waals surface area contributed by atoms with E-state index < -0.39 is 6.10 Å². The van der Waals surface area contributed by atoms with Crippen molar-refractivity contribution in [2.45, 2.75) is 12.5 Å². The number of anilines is 1. The minimum absolute atomic E-state index is 0.212. The second-order valence-corrected chi connectivity index (χ2v) is 6.34. The van der Waals surface area contributed by atoms with Crippen LogP contribution < -0.4 is 14.8 Å². The molecule has 1 aliphatic rings. The Hall–Kier alpha value is -2.98. The topological polar surface area (TPSA) is 47.6 Å². The van der Waals surface area contributed by atoms with Crippen LogP contribution in [0.3, 0.4) is 0 Å². The summed E-state index contributed by atoms with van der Waals surface area (Å²) in [4.78, 5) is 12.6. The highest BCUT2D eigenvalue weighted by Crippen LogP contribution is 2.34. The van der Waals surface area contributed by atoms with Gasteiger partial charge < -0.3 is 14.8 Å². The Morgan fingerprint density at radius 3 is 2.46 bits per heavy atom. The van der Waals surface area contributed by atoms with E-state index in [2.05, 4.69) is 5.32 Å². The second kappa shape index (κ2) is 7.10. The van der Waals surface area contributed by atoms with Crippen molar-refractivity contribution in [3.8, 4) is 17.2 Å². The number of benzene rings is 3. The molecule has 3 aromatic rings. The van der Waals surface area contributed by atoms with Gasteiger partial charge in [-0.2, -0.15) is 0 Å². The van der Waals surface area contributed by atoms with Crippen molar-refractivity contribution in [1.29, 1.82) is 0 Å². The van der Waals surface area contributed by atoms with E-state index in [1.54, 1.807) is 24.3 Å². The number of ether oxygens (including phenoxy) is 2. The van der Waals surface area contributed by atoms with Gasteiger partial charge in [-0.05, 0) is 35.9 Å². The third-order valence-corrected chi connectivity index (χ3v) is 4.45. The molecule has 0 fully saturated rings. The van der Waals surface area contributed by atoms with Gasteiger partial charge in [-0.3, -0.25) is 4.79 Å². The molecule has 0 bridgehead atoms. The standard InChI is InChI=1S/C21H16ClNO3/c22-15-8-2-5-11-18(15)26-19-12-6-3-9-16(19)23-21(24)20-13-14-7-1-4-10-17(14)25-20/h1-12,20H,13H2,(H,23,24)/t20-/m0/s1. The number of amides is 1. The highest BCUT2D eigenvalue weighted by atomic mass is 35.5. The molecule has 0 radical (unpaired) electrons. The van der Waals surface area contributed by atoms with Gasteiger partial charge in [-0.1, -0.05) is 54.1 Å². The fraction of sp³-hybridized carbons (Fsp3) is 0.0952. The Balaban J connectivity index is 1.51. The van der Waals surface area contributed by atoms with E-state index in [1.165, 1.54) is 0 Å². The van der Waals surface area contributed by atoms with Crippen LogP contribution in [0.4, 0.5) is 5.69 Å². The monoisotopic (exact) mass is 365 g/mol. The maximum Gasteiger partial charge on any atom is 0.265 e. The zero-order valence-electron chi connectivity index (χ0n) is 13.8. The first-order valence-corrected chi connectivity index (χ1v) is 8.65. The maximum absolute atomic E-state index is 12.6. The second-order valence-electron chi connectivity index (χ2n) is 5.94. The van der Waals surface area contributed by atoms with Crippen LogP contribution in [0.15, 0.2) is 72.8 Å². The van der Waals surface area contributed by atoms with Gasteiger partial charge in [0, 0.05) is 6.42 Å². The van der Waals surface area contributed by atoms with E-state index in [1.807, 2.05) is 48.5 Å². The normalized spacial score (nSPS) is 15.0. The van der Waals surface area contributed by atoms with E-state index in [-0.39, 0.29) is 5.91 Å². The number of rotatable bonds is 4. The fourth-order valence-corrected chi connectivity index (χ4v) is 3.02. The summed E-state index contributed by atoms with van der Waals surface area (Å²) in [6, 6.07) is 22.1. The summed E-state index contributed by atoms with van der Waals surface area (Å²) >= 11 is 6.16. The first kappa shape index (κ1) is 16.5. The van der Waals surface area contributed by atoms with Crippen LogP contribution in [-0.4, -0.2) is 12.0 Å². The number of carbonyl (C=O) groups is 1. The molecule has 3 aromatic carbocycles. The minimum atomic E-state index is -0.555. The van der Waals surface area contributed by atoms with Crippen LogP contribution in [0, 0.1) is 0 Å². The lowest BCUT2D eigenvalue weighted by atomic mass is 10.1. The molecule has 26 heavy (non-hydrogen) atoms. The van der Waals surface area contributed by atoms with Crippen molar-refractivity contribution in [1.82, 2.24) is 0 Å². The molecular formula is C21H16ClNO3. The number of carbonyl (C=O) groups excluding carboxylic acids is 1. The maximum atomic E-state index is 12.6. The van der Waals surface area contributed by atoms with Crippen molar-refractivity contribution in [3.63, 3.8) is 0 Å². The number of nitrogens with one attached hydrogen (secondary N) is 1. The average molecular weight is 366 g/mol. The van der Waals surface area contributed by atoms with E-state index >= 15 is 0 Å². The molecule has 4 nitrogen and oxygen atoms in total. The van der Waals surface area contributed by atoms with Gasteiger partial charge in [-0.25, -0.2) is 0 Å². The van der Waals surface area contributed by atoms with E-state index in [0.717, 1.165) is 11.3 Å². The van der Waals surface area contributed by atoms with Crippen LogP contribution in [0.5, 0.6) is 17.2 Å². The van der Waals surface area contributed by atoms with Crippen LogP contribution in [0.2, 0.25) is 5.02 Å². The first-order chi connectivity index (χ1) is 12.7. The third kappa shape index (κ3) is 3.37. The van der Waals surface area contributed by atoms with Crippen LogP contribution in [0.1, 0.15) is 5.56 Å². The highest BCUT2D eigenvalue weighted by Gasteiger charge is 2.29. The molecular weight excluding hydrogens is 350 g/mol. The lowest BCUT2D eigenvalue weighted by Gasteiger charge is -2.15. The number of halogens is 1. The van der Waals surface area contributed by atoms with Gasteiger partial charge in [0.15, 0.2) is 11.9 Å². The molecule has 4 rings (SSSR count). The van der Waals surface area contributed by atoms with Gasteiger partial charge >= 0.3 is 0 Å². The van der Waals surface area contributed by atoms with Gasteiger partial charge in [0.05, 0.1) is 10.7 Å². The molecule has 1 aliphatic heterocycles. The first-order valence-electron chi connectivity index (χ1n) is 8.27.